The van der Waals surface area contributed by atoms with E-state index in [4.69, 9.17) is 0 Å². The van der Waals surface area contributed by atoms with Crippen LogP contribution in [0.2, 0.25) is 0 Å². The lowest BCUT2D eigenvalue weighted by atomic mass is 10.0. The molecule has 0 aliphatic carbocycles. The van der Waals surface area contributed by atoms with Crippen LogP contribution in [0.25, 0.3) is 0 Å². The number of likely N-dealkylation sites (tertiary alicyclic amines) is 1. The molecule has 0 unspecified atom stereocenters. The van der Waals surface area contributed by atoms with Crippen LogP contribution in [0.1, 0.15) is 30.0 Å². The summed E-state index contributed by atoms with van der Waals surface area (Å²) in [5.41, 5.74) is -0.112. The zero-order valence-corrected chi connectivity index (χ0v) is 12.9. The lowest BCUT2D eigenvalue weighted by Gasteiger charge is -2.32. The van der Waals surface area contributed by atoms with Crippen LogP contribution in [0.4, 0.5) is 13.2 Å². The minimum atomic E-state index is -4.36. The van der Waals surface area contributed by atoms with Crippen LogP contribution in [0, 0.1) is 0 Å². The molecule has 0 N–H and O–H groups in total. The SMILES string of the molecule is O=C(Cc1ccc(C(F)(F)F)cc1)N1CCC(n2ccnn2)CC1. The van der Waals surface area contributed by atoms with Gasteiger partial charge >= 0.3 is 6.18 Å². The molecule has 0 radical (unpaired) electrons. The third kappa shape index (κ3) is 3.74. The molecule has 1 aromatic heterocycles. The lowest BCUT2D eigenvalue weighted by molar-refractivity contribution is -0.137. The minimum Gasteiger partial charge on any atom is -0.342 e. The van der Waals surface area contributed by atoms with Gasteiger partial charge in [0.15, 0.2) is 0 Å². The van der Waals surface area contributed by atoms with E-state index in [-0.39, 0.29) is 18.4 Å². The van der Waals surface area contributed by atoms with Crippen LogP contribution in [-0.2, 0) is 17.4 Å². The summed E-state index contributed by atoms with van der Waals surface area (Å²) < 4.78 is 39.4. The normalized spacial score (nSPS) is 16.4. The predicted octanol–water partition coefficient (Wildman–Crippen LogP) is 2.70. The van der Waals surface area contributed by atoms with Gasteiger partial charge in [-0.3, -0.25) is 4.79 Å². The Morgan fingerprint density at radius 3 is 2.38 bits per heavy atom. The monoisotopic (exact) mass is 338 g/mol. The molecule has 2 heterocycles. The number of hydrogen-bond donors (Lipinski definition) is 0. The van der Waals surface area contributed by atoms with Gasteiger partial charge in [0, 0.05) is 19.3 Å². The van der Waals surface area contributed by atoms with E-state index in [1.807, 2.05) is 6.20 Å². The van der Waals surface area contributed by atoms with Crippen LogP contribution in [0.15, 0.2) is 36.7 Å². The fourth-order valence-electron chi connectivity index (χ4n) is 2.89. The quantitative estimate of drug-likeness (QED) is 0.865. The number of nitrogens with zero attached hydrogens (tertiary/aromatic N) is 4. The Bertz CT molecular complexity index is 674. The average molecular weight is 338 g/mol. The van der Waals surface area contributed by atoms with Gasteiger partial charge in [0.05, 0.1) is 24.2 Å². The van der Waals surface area contributed by atoms with Crippen LogP contribution in [0.3, 0.4) is 0 Å². The highest BCUT2D eigenvalue weighted by Gasteiger charge is 2.30. The molecule has 24 heavy (non-hydrogen) atoms. The topological polar surface area (TPSA) is 51.0 Å². The molecule has 128 valence electrons. The van der Waals surface area contributed by atoms with Crippen molar-refractivity contribution in [2.45, 2.75) is 31.5 Å². The highest BCUT2D eigenvalue weighted by molar-refractivity contribution is 5.78. The molecular weight excluding hydrogens is 321 g/mol. The number of carbonyl (C=O) groups is 1. The maximum absolute atomic E-state index is 12.5. The van der Waals surface area contributed by atoms with Gasteiger partial charge in [0.1, 0.15) is 0 Å². The second kappa shape index (κ2) is 6.62. The van der Waals surface area contributed by atoms with Crippen molar-refractivity contribution >= 4 is 5.91 Å². The van der Waals surface area contributed by atoms with Crippen LogP contribution < -0.4 is 0 Å². The number of alkyl halides is 3. The average Bonchev–Trinajstić information content (AvgIpc) is 3.09. The smallest absolute Gasteiger partial charge is 0.342 e. The molecule has 0 atom stereocenters. The van der Waals surface area contributed by atoms with Crippen molar-refractivity contribution in [3.8, 4) is 0 Å². The molecule has 2 aromatic rings. The van der Waals surface area contributed by atoms with E-state index in [1.165, 1.54) is 12.1 Å². The fraction of sp³-hybridized carbons (Fsp3) is 0.438. The first kappa shape index (κ1) is 16.5. The van der Waals surface area contributed by atoms with Crippen molar-refractivity contribution in [2.75, 3.05) is 13.1 Å². The second-order valence-corrected chi connectivity index (χ2v) is 5.87. The molecular formula is C16H17F3N4O. The summed E-state index contributed by atoms with van der Waals surface area (Å²) >= 11 is 0. The zero-order chi connectivity index (χ0) is 17.2. The molecule has 0 spiro atoms. The second-order valence-electron chi connectivity index (χ2n) is 5.87. The van der Waals surface area contributed by atoms with Crippen LogP contribution >= 0.6 is 0 Å². The Morgan fingerprint density at radius 1 is 1.17 bits per heavy atom. The molecule has 3 rings (SSSR count). The summed E-state index contributed by atoms with van der Waals surface area (Å²) in [6.07, 6.45) is 0.786. The van der Waals surface area contributed by atoms with Crippen molar-refractivity contribution in [3.63, 3.8) is 0 Å². The summed E-state index contributed by atoms with van der Waals surface area (Å²) in [5.74, 6) is -0.0631. The molecule has 1 saturated heterocycles. The van der Waals surface area contributed by atoms with Crippen molar-refractivity contribution in [2.24, 2.45) is 0 Å². The van der Waals surface area contributed by atoms with Gasteiger partial charge in [0.25, 0.3) is 0 Å². The number of carbonyl (C=O) groups excluding carboxylic acids is 1. The van der Waals surface area contributed by atoms with E-state index < -0.39 is 11.7 Å². The number of aromatic nitrogens is 3. The summed E-state index contributed by atoms with van der Waals surface area (Å²) in [6, 6.07) is 4.99. The van der Waals surface area contributed by atoms with E-state index in [0.717, 1.165) is 25.0 Å². The van der Waals surface area contributed by atoms with Gasteiger partial charge < -0.3 is 4.90 Å². The highest BCUT2D eigenvalue weighted by Crippen LogP contribution is 2.29. The summed E-state index contributed by atoms with van der Waals surface area (Å²) in [4.78, 5) is 14.1. The Balaban J connectivity index is 1.54. The van der Waals surface area contributed by atoms with Crippen molar-refractivity contribution in [3.05, 3.63) is 47.8 Å². The first-order valence-corrected chi connectivity index (χ1v) is 7.73. The molecule has 1 amide bonds. The van der Waals surface area contributed by atoms with Gasteiger partial charge in [0.2, 0.25) is 5.91 Å². The first-order valence-electron chi connectivity index (χ1n) is 7.73. The van der Waals surface area contributed by atoms with Gasteiger partial charge in [-0.05, 0) is 30.5 Å². The molecule has 0 saturated carbocycles. The Kier molecular flexibility index (Phi) is 4.55. The molecule has 1 aliphatic heterocycles. The van der Waals surface area contributed by atoms with Crippen molar-refractivity contribution in [1.82, 2.24) is 19.9 Å². The molecule has 5 nitrogen and oxygen atoms in total. The predicted molar refractivity (Wildman–Crippen MR) is 80.0 cm³/mol. The highest BCUT2D eigenvalue weighted by atomic mass is 19.4. The van der Waals surface area contributed by atoms with E-state index in [1.54, 1.807) is 15.8 Å². The minimum absolute atomic E-state index is 0.0631. The third-order valence-corrected chi connectivity index (χ3v) is 4.27. The van der Waals surface area contributed by atoms with Crippen molar-refractivity contribution < 1.29 is 18.0 Å². The molecule has 8 heteroatoms. The Labute approximate surface area is 137 Å². The summed E-state index contributed by atoms with van der Waals surface area (Å²) in [7, 11) is 0. The van der Waals surface area contributed by atoms with Crippen LogP contribution in [-0.4, -0.2) is 38.9 Å². The standard InChI is InChI=1S/C16H17F3N4O/c17-16(18,19)13-3-1-12(2-4-13)11-15(24)22-8-5-14(6-9-22)23-10-7-20-21-23/h1-4,7,10,14H,5-6,8-9,11H2. The number of amides is 1. The van der Waals surface area contributed by atoms with Crippen molar-refractivity contribution in [1.29, 1.82) is 0 Å². The summed E-state index contributed by atoms with van der Waals surface area (Å²) in [5, 5.41) is 7.76. The van der Waals surface area contributed by atoms with Crippen LogP contribution in [0.5, 0.6) is 0 Å². The number of halogens is 3. The van der Waals surface area contributed by atoms with E-state index >= 15 is 0 Å². The van der Waals surface area contributed by atoms with Gasteiger partial charge in [-0.2, -0.15) is 13.2 Å². The third-order valence-electron chi connectivity index (χ3n) is 4.27. The maximum atomic E-state index is 12.5. The first-order chi connectivity index (χ1) is 11.4. The van der Waals surface area contributed by atoms with E-state index in [2.05, 4.69) is 10.3 Å². The zero-order valence-electron chi connectivity index (χ0n) is 12.9. The molecule has 1 fully saturated rings. The van der Waals surface area contributed by atoms with Gasteiger partial charge in [-0.1, -0.05) is 17.3 Å². The molecule has 1 aliphatic rings. The van der Waals surface area contributed by atoms with Gasteiger partial charge in [-0.25, -0.2) is 4.68 Å². The number of rotatable bonds is 3. The Hall–Kier alpha value is -2.38. The summed E-state index contributed by atoms with van der Waals surface area (Å²) in [6.45, 7) is 1.23. The maximum Gasteiger partial charge on any atom is 0.416 e. The number of hydrogen-bond acceptors (Lipinski definition) is 3. The van der Waals surface area contributed by atoms with E-state index in [0.29, 0.717) is 18.7 Å². The largest absolute Gasteiger partial charge is 0.416 e. The number of piperidine rings is 1. The Morgan fingerprint density at radius 2 is 1.83 bits per heavy atom. The van der Waals surface area contributed by atoms with Gasteiger partial charge in [-0.15, -0.1) is 5.10 Å². The van der Waals surface area contributed by atoms with E-state index in [9.17, 15) is 18.0 Å². The lowest BCUT2D eigenvalue weighted by Crippen LogP contribution is -2.40. The molecule has 0 bridgehead atoms. The number of benzene rings is 1. The molecule has 1 aromatic carbocycles. The fourth-order valence-corrected chi connectivity index (χ4v) is 2.89.